The van der Waals surface area contributed by atoms with Crippen molar-refractivity contribution >= 4 is 22.0 Å². The number of benzene rings is 1. The Morgan fingerprint density at radius 1 is 1.47 bits per heavy atom. The second-order valence-electron chi connectivity index (χ2n) is 4.13. The maximum atomic E-state index is 10.8. The van der Waals surface area contributed by atoms with Gasteiger partial charge in [0.2, 0.25) is 5.70 Å². The second kappa shape index (κ2) is 6.06. The van der Waals surface area contributed by atoms with Crippen molar-refractivity contribution in [1.82, 2.24) is 0 Å². The predicted octanol–water partition coefficient (Wildman–Crippen LogP) is 3.64. The van der Waals surface area contributed by atoms with Gasteiger partial charge in [0.05, 0.1) is 22.6 Å². The van der Waals surface area contributed by atoms with Crippen LogP contribution in [0, 0.1) is 10.1 Å². The van der Waals surface area contributed by atoms with Crippen molar-refractivity contribution in [1.29, 1.82) is 0 Å². The van der Waals surface area contributed by atoms with Gasteiger partial charge in [-0.2, -0.15) is 0 Å². The molecule has 1 aliphatic rings. The molecule has 0 atom stereocenters. The van der Waals surface area contributed by atoms with Crippen LogP contribution < -0.4 is 9.47 Å². The molecule has 0 spiro atoms. The van der Waals surface area contributed by atoms with Crippen molar-refractivity contribution in [2.75, 3.05) is 13.2 Å². The van der Waals surface area contributed by atoms with Crippen LogP contribution in [0.4, 0.5) is 0 Å². The van der Waals surface area contributed by atoms with Gasteiger partial charge in [0, 0.05) is 18.9 Å². The van der Waals surface area contributed by atoms with Crippen LogP contribution in [0.2, 0.25) is 0 Å². The number of nitro groups is 1. The van der Waals surface area contributed by atoms with E-state index in [-0.39, 0.29) is 10.6 Å². The van der Waals surface area contributed by atoms with Crippen molar-refractivity contribution in [3.63, 3.8) is 0 Å². The molecule has 0 fully saturated rings. The molecule has 0 unspecified atom stereocenters. The van der Waals surface area contributed by atoms with Crippen molar-refractivity contribution < 1.29 is 14.4 Å². The molecule has 0 saturated carbocycles. The Morgan fingerprint density at radius 2 is 2.21 bits per heavy atom. The highest BCUT2D eigenvalue weighted by Crippen LogP contribution is 2.38. The van der Waals surface area contributed by atoms with Crippen molar-refractivity contribution in [3.8, 4) is 11.5 Å². The molecule has 0 saturated heterocycles. The van der Waals surface area contributed by atoms with Gasteiger partial charge in [0.1, 0.15) is 0 Å². The van der Waals surface area contributed by atoms with E-state index < -0.39 is 0 Å². The van der Waals surface area contributed by atoms with E-state index in [2.05, 4.69) is 15.9 Å². The molecule has 1 heterocycles. The van der Waals surface area contributed by atoms with Gasteiger partial charge in [-0.3, -0.25) is 10.1 Å². The first-order chi connectivity index (χ1) is 9.11. The van der Waals surface area contributed by atoms with E-state index in [1.807, 2.05) is 0 Å². The molecule has 5 nitrogen and oxygen atoms in total. The Balaban J connectivity index is 2.41. The van der Waals surface area contributed by atoms with Gasteiger partial charge in [0.25, 0.3) is 0 Å². The molecule has 0 aromatic heterocycles. The largest absolute Gasteiger partial charge is 0.489 e. The number of ether oxygens (including phenoxy) is 2. The summed E-state index contributed by atoms with van der Waals surface area (Å²) in [6.45, 7) is 2.95. The van der Waals surface area contributed by atoms with E-state index >= 15 is 0 Å². The third-order valence-corrected chi connectivity index (χ3v) is 3.34. The Bertz CT molecular complexity index is 528. The highest BCUT2D eigenvalue weighted by atomic mass is 79.9. The zero-order valence-electron chi connectivity index (χ0n) is 10.5. The minimum Gasteiger partial charge on any atom is -0.489 e. The zero-order chi connectivity index (χ0) is 13.8. The summed E-state index contributed by atoms with van der Waals surface area (Å²) < 4.78 is 11.9. The molecule has 2 rings (SSSR count). The highest BCUT2D eigenvalue weighted by Gasteiger charge is 2.16. The molecule has 0 aliphatic carbocycles. The first-order valence-electron chi connectivity index (χ1n) is 6.06. The number of halogens is 1. The monoisotopic (exact) mass is 327 g/mol. The SMILES string of the molecule is CC/C(=C\c1cc(Br)c2c(c1)OCCCO2)[N+](=O)[O-]. The molecule has 0 radical (unpaired) electrons. The molecule has 0 amide bonds. The van der Waals surface area contributed by atoms with Crippen molar-refractivity contribution in [2.24, 2.45) is 0 Å². The van der Waals surface area contributed by atoms with Gasteiger partial charge in [-0.05, 0) is 33.6 Å². The molecule has 19 heavy (non-hydrogen) atoms. The topological polar surface area (TPSA) is 61.6 Å². The zero-order valence-corrected chi connectivity index (χ0v) is 12.1. The third kappa shape index (κ3) is 3.26. The lowest BCUT2D eigenvalue weighted by Crippen LogP contribution is -1.97. The summed E-state index contributed by atoms with van der Waals surface area (Å²) in [5.74, 6) is 1.28. The van der Waals surface area contributed by atoms with Crippen LogP contribution in [0.25, 0.3) is 6.08 Å². The summed E-state index contributed by atoms with van der Waals surface area (Å²) in [6, 6.07) is 3.57. The predicted molar refractivity (Wildman–Crippen MR) is 75.0 cm³/mol. The molecule has 0 bridgehead atoms. The standard InChI is InChI=1S/C13H14BrNO4/c1-2-10(15(16)17)6-9-7-11(14)13-12(8-9)18-4-3-5-19-13/h6-8H,2-5H2,1H3/b10-6+. The molecule has 0 N–H and O–H groups in total. The van der Waals surface area contributed by atoms with Crippen molar-refractivity contribution in [2.45, 2.75) is 19.8 Å². The Morgan fingerprint density at radius 3 is 2.89 bits per heavy atom. The van der Waals surface area contributed by atoms with E-state index in [4.69, 9.17) is 9.47 Å². The number of rotatable bonds is 3. The van der Waals surface area contributed by atoms with Crippen LogP contribution in [0.3, 0.4) is 0 Å². The summed E-state index contributed by atoms with van der Waals surface area (Å²) in [7, 11) is 0. The number of hydrogen-bond acceptors (Lipinski definition) is 4. The molecule has 1 aliphatic heterocycles. The first-order valence-corrected chi connectivity index (χ1v) is 6.85. The summed E-state index contributed by atoms with van der Waals surface area (Å²) in [6.07, 6.45) is 2.75. The smallest absolute Gasteiger partial charge is 0.246 e. The van der Waals surface area contributed by atoms with Crippen LogP contribution >= 0.6 is 15.9 Å². The summed E-state index contributed by atoms with van der Waals surface area (Å²) >= 11 is 3.41. The normalized spacial score (nSPS) is 14.9. The number of hydrogen-bond donors (Lipinski definition) is 0. The first kappa shape index (κ1) is 13.9. The van der Waals surface area contributed by atoms with E-state index in [9.17, 15) is 10.1 Å². The van der Waals surface area contributed by atoms with Gasteiger partial charge < -0.3 is 9.47 Å². The van der Waals surface area contributed by atoms with Gasteiger partial charge in [-0.25, -0.2) is 0 Å². The van der Waals surface area contributed by atoms with Gasteiger partial charge in [-0.15, -0.1) is 0 Å². The molecule has 102 valence electrons. The van der Waals surface area contributed by atoms with Crippen LogP contribution in [-0.2, 0) is 0 Å². The fourth-order valence-electron chi connectivity index (χ4n) is 1.81. The van der Waals surface area contributed by atoms with Crippen LogP contribution in [-0.4, -0.2) is 18.1 Å². The number of fused-ring (bicyclic) bond motifs is 1. The molecule has 6 heteroatoms. The summed E-state index contributed by atoms with van der Waals surface area (Å²) in [5, 5.41) is 10.8. The molecular weight excluding hydrogens is 314 g/mol. The molecule has 1 aromatic carbocycles. The lowest BCUT2D eigenvalue weighted by Gasteiger charge is -2.10. The van der Waals surface area contributed by atoms with E-state index in [1.165, 1.54) is 0 Å². The molecule has 1 aromatic rings. The van der Waals surface area contributed by atoms with E-state index in [0.29, 0.717) is 31.1 Å². The Labute approximate surface area is 119 Å². The average molecular weight is 328 g/mol. The maximum Gasteiger partial charge on any atom is 0.246 e. The van der Waals surface area contributed by atoms with Gasteiger partial charge >= 0.3 is 0 Å². The van der Waals surface area contributed by atoms with Gasteiger partial charge in [0.15, 0.2) is 11.5 Å². The van der Waals surface area contributed by atoms with Gasteiger partial charge in [-0.1, -0.05) is 6.92 Å². The lowest BCUT2D eigenvalue weighted by atomic mass is 10.1. The Hall–Kier alpha value is -1.56. The average Bonchev–Trinajstić information content (AvgIpc) is 2.61. The molecular formula is C13H14BrNO4. The van der Waals surface area contributed by atoms with Crippen LogP contribution in [0.5, 0.6) is 11.5 Å². The maximum absolute atomic E-state index is 10.8. The lowest BCUT2D eigenvalue weighted by molar-refractivity contribution is -0.425. The fourth-order valence-corrected chi connectivity index (χ4v) is 2.38. The highest BCUT2D eigenvalue weighted by molar-refractivity contribution is 9.10. The summed E-state index contributed by atoms with van der Waals surface area (Å²) in [4.78, 5) is 10.5. The van der Waals surface area contributed by atoms with Crippen LogP contribution in [0.1, 0.15) is 25.3 Å². The minimum absolute atomic E-state index is 0.168. The number of nitrogens with zero attached hydrogens (tertiary/aromatic N) is 1. The summed E-state index contributed by atoms with van der Waals surface area (Å²) in [5.41, 5.74) is 0.895. The van der Waals surface area contributed by atoms with E-state index in [0.717, 1.165) is 16.5 Å². The van der Waals surface area contributed by atoms with Crippen molar-refractivity contribution in [3.05, 3.63) is 38.0 Å². The number of allylic oxidation sites excluding steroid dienone is 1. The fraction of sp³-hybridized carbons (Fsp3) is 0.385. The van der Waals surface area contributed by atoms with E-state index in [1.54, 1.807) is 25.1 Å². The van der Waals surface area contributed by atoms with Crippen LogP contribution in [0.15, 0.2) is 22.3 Å². The third-order valence-electron chi connectivity index (χ3n) is 2.75. The quantitative estimate of drug-likeness (QED) is 0.628. The Kier molecular flexibility index (Phi) is 4.42. The minimum atomic E-state index is -0.364. The second-order valence-corrected chi connectivity index (χ2v) is 4.98.